The molecule has 1 fully saturated rings. The minimum Gasteiger partial charge on any atom is -0.469 e. The number of methoxy groups -OCH3 is 1. The molecular formula is C19H36O2. The largest absolute Gasteiger partial charge is 0.469 e. The van der Waals surface area contributed by atoms with Crippen molar-refractivity contribution in [2.75, 3.05) is 7.11 Å². The van der Waals surface area contributed by atoms with Crippen LogP contribution in [0.15, 0.2) is 0 Å². The molecule has 0 saturated heterocycles. The summed E-state index contributed by atoms with van der Waals surface area (Å²) in [7, 11) is 1.47. The molecule has 1 saturated carbocycles. The molecule has 0 aromatic heterocycles. The second-order valence-corrected chi connectivity index (χ2v) is 6.84. The number of rotatable bonds is 14. The highest BCUT2D eigenvalue weighted by Gasteiger charge is 2.34. The zero-order chi connectivity index (χ0) is 15.3. The normalized spacial score (nSPS) is 20.5. The fourth-order valence-electron chi connectivity index (χ4n) is 3.34. The Morgan fingerprint density at radius 1 is 0.857 bits per heavy atom. The number of ether oxygens (including phenoxy) is 1. The molecule has 21 heavy (non-hydrogen) atoms. The average molecular weight is 296 g/mol. The zero-order valence-electron chi connectivity index (χ0n) is 14.4. The summed E-state index contributed by atoms with van der Waals surface area (Å²) in [6.07, 6.45) is 18.4. The van der Waals surface area contributed by atoms with Gasteiger partial charge in [-0.05, 0) is 24.7 Å². The summed E-state index contributed by atoms with van der Waals surface area (Å²) in [5.41, 5.74) is 0. The number of hydrogen-bond donors (Lipinski definition) is 0. The summed E-state index contributed by atoms with van der Waals surface area (Å²) in [6, 6.07) is 0. The van der Waals surface area contributed by atoms with Gasteiger partial charge in [-0.1, -0.05) is 77.6 Å². The molecule has 0 amide bonds. The molecule has 0 aromatic rings. The van der Waals surface area contributed by atoms with Gasteiger partial charge >= 0.3 is 5.97 Å². The number of carbonyl (C=O) groups is 1. The first kappa shape index (κ1) is 18.5. The van der Waals surface area contributed by atoms with Gasteiger partial charge in [0.2, 0.25) is 0 Å². The van der Waals surface area contributed by atoms with Crippen LogP contribution in [0.3, 0.4) is 0 Å². The van der Waals surface area contributed by atoms with E-state index in [0.717, 1.165) is 18.3 Å². The molecule has 2 unspecified atom stereocenters. The molecule has 1 rings (SSSR count). The van der Waals surface area contributed by atoms with Crippen molar-refractivity contribution in [3.63, 3.8) is 0 Å². The standard InChI is InChI=1S/C19H36O2/c1-3-4-5-7-10-13-17-16-18(17)14-11-8-6-9-12-15-19(20)21-2/h17-18H,3-16H2,1-2H3. The van der Waals surface area contributed by atoms with Crippen molar-refractivity contribution < 1.29 is 9.53 Å². The predicted octanol–water partition coefficient (Wildman–Crippen LogP) is 5.89. The lowest BCUT2D eigenvalue weighted by Gasteiger charge is -2.02. The Labute approximate surface area is 132 Å². The first-order chi connectivity index (χ1) is 10.3. The van der Waals surface area contributed by atoms with Crippen molar-refractivity contribution in [3.05, 3.63) is 0 Å². The molecule has 124 valence electrons. The molecule has 0 aromatic carbocycles. The highest BCUT2D eigenvalue weighted by molar-refractivity contribution is 5.68. The Kier molecular flexibility index (Phi) is 10.6. The van der Waals surface area contributed by atoms with E-state index in [9.17, 15) is 4.79 Å². The first-order valence-electron chi connectivity index (χ1n) is 9.34. The number of hydrogen-bond acceptors (Lipinski definition) is 2. The van der Waals surface area contributed by atoms with Crippen LogP contribution in [0.1, 0.15) is 96.8 Å². The summed E-state index contributed by atoms with van der Waals surface area (Å²) in [4.78, 5) is 11.0. The van der Waals surface area contributed by atoms with Crippen LogP contribution in [0.25, 0.3) is 0 Å². The van der Waals surface area contributed by atoms with Crippen LogP contribution in [-0.2, 0) is 9.53 Å². The SMILES string of the molecule is CCCCCCCC1CC1CCCCCCCC(=O)OC. The molecule has 0 N–H and O–H groups in total. The van der Waals surface area contributed by atoms with Crippen molar-refractivity contribution in [1.82, 2.24) is 0 Å². The first-order valence-corrected chi connectivity index (χ1v) is 9.34. The topological polar surface area (TPSA) is 26.3 Å². The van der Waals surface area contributed by atoms with Crippen LogP contribution in [-0.4, -0.2) is 13.1 Å². The van der Waals surface area contributed by atoms with Crippen molar-refractivity contribution in [1.29, 1.82) is 0 Å². The van der Waals surface area contributed by atoms with Gasteiger partial charge < -0.3 is 4.74 Å². The van der Waals surface area contributed by atoms with E-state index >= 15 is 0 Å². The Bertz CT molecular complexity index is 262. The Morgan fingerprint density at radius 2 is 1.38 bits per heavy atom. The van der Waals surface area contributed by atoms with Crippen LogP contribution in [0.2, 0.25) is 0 Å². The summed E-state index contributed by atoms with van der Waals surface area (Å²) < 4.78 is 4.64. The molecule has 1 aliphatic carbocycles. The number of unbranched alkanes of at least 4 members (excludes halogenated alkanes) is 8. The zero-order valence-corrected chi connectivity index (χ0v) is 14.4. The third kappa shape index (κ3) is 9.92. The van der Waals surface area contributed by atoms with Gasteiger partial charge in [0, 0.05) is 6.42 Å². The summed E-state index contributed by atoms with van der Waals surface area (Å²) in [6.45, 7) is 2.28. The predicted molar refractivity (Wildman–Crippen MR) is 89.3 cm³/mol. The summed E-state index contributed by atoms with van der Waals surface area (Å²) in [5.74, 6) is 2.08. The van der Waals surface area contributed by atoms with E-state index in [1.165, 1.54) is 84.2 Å². The molecule has 2 nitrogen and oxygen atoms in total. The lowest BCUT2D eigenvalue weighted by atomic mass is 10.0. The maximum Gasteiger partial charge on any atom is 0.305 e. The maximum atomic E-state index is 11.0. The third-order valence-corrected chi connectivity index (χ3v) is 4.93. The highest BCUT2D eigenvalue weighted by atomic mass is 16.5. The summed E-state index contributed by atoms with van der Waals surface area (Å²) >= 11 is 0. The fourth-order valence-corrected chi connectivity index (χ4v) is 3.34. The average Bonchev–Trinajstić information content (AvgIpc) is 3.24. The van der Waals surface area contributed by atoms with Gasteiger partial charge in [0.1, 0.15) is 0 Å². The third-order valence-electron chi connectivity index (χ3n) is 4.93. The van der Waals surface area contributed by atoms with Crippen molar-refractivity contribution in [2.24, 2.45) is 11.8 Å². The summed E-state index contributed by atoms with van der Waals surface area (Å²) in [5, 5.41) is 0. The van der Waals surface area contributed by atoms with Gasteiger partial charge in [-0.2, -0.15) is 0 Å². The second kappa shape index (κ2) is 12.1. The highest BCUT2D eigenvalue weighted by Crippen LogP contribution is 2.45. The Balaban J connectivity index is 1.78. The van der Waals surface area contributed by atoms with Gasteiger partial charge in [0.05, 0.1) is 7.11 Å². The van der Waals surface area contributed by atoms with E-state index < -0.39 is 0 Å². The van der Waals surface area contributed by atoms with E-state index in [0.29, 0.717) is 6.42 Å². The molecule has 0 heterocycles. The molecule has 2 atom stereocenters. The Morgan fingerprint density at radius 3 is 1.95 bits per heavy atom. The van der Waals surface area contributed by atoms with E-state index in [2.05, 4.69) is 11.7 Å². The maximum absolute atomic E-state index is 11.0. The Hall–Kier alpha value is -0.530. The number of esters is 1. The van der Waals surface area contributed by atoms with Gasteiger partial charge in [-0.15, -0.1) is 0 Å². The van der Waals surface area contributed by atoms with Gasteiger partial charge in [-0.25, -0.2) is 0 Å². The minimum atomic E-state index is -0.0604. The second-order valence-electron chi connectivity index (χ2n) is 6.84. The smallest absolute Gasteiger partial charge is 0.305 e. The van der Waals surface area contributed by atoms with Crippen LogP contribution in [0.4, 0.5) is 0 Å². The molecule has 2 heteroatoms. The van der Waals surface area contributed by atoms with Gasteiger partial charge in [0.25, 0.3) is 0 Å². The molecule has 0 radical (unpaired) electrons. The van der Waals surface area contributed by atoms with Crippen molar-refractivity contribution in [3.8, 4) is 0 Å². The van der Waals surface area contributed by atoms with Gasteiger partial charge in [0.15, 0.2) is 0 Å². The van der Waals surface area contributed by atoms with E-state index in [1.807, 2.05) is 0 Å². The van der Waals surface area contributed by atoms with Crippen LogP contribution < -0.4 is 0 Å². The van der Waals surface area contributed by atoms with Crippen molar-refractivity contribution >= 4 is 5.97 Å². The molecular weight excluding hydrogens is 260 g/mol. The molecule has 1 aliphatic rings. The lowest BCUT2D eigenvalue weighted by Crippen LogP contribution is -1.99. The monoisotopic (exact) mass is 296 g/mol. The van der Waals surface area contributed by atoms with Gasteiger partial charge in [-0.3, -0.25) is 4.79 Å². The molecule has 0 spiro atoms. The lowest BCUT2D eigenvalue weighted by molar-refractivity contribution is -0.140. The van der Waals surface area contributed by atoms with Crippen molar-refractivity contribution in [2.45, 2.75) is 96.8 Å². The minimum absolute atomic E-state index is 0.0604. The molecule has 0 aliphatic heterocycles. The quantitative estimate of drug-likeness (QED) is 0.295. The van der Waals surface area contributed by atoms with Crippen LogP contribution >= 0.6 is 0 Å². The van der Waals surface area contributed by atoms with E-state index in [-0.39, 0.29) is 5.97 Å². The van der Waals surface area contributed by atoms with Crippen LogP contribution in [0.5, 0.6) is 0 Å². The number of carbonyl (C=O) groups excluding carboxylic acids is 1. The van der Waals surface area contributed by atoms with E-state index in [4.69, 9.17) is 0 Å². The molecule has 0 bridgehead atoms. The van der Waals surface area contributed by atoms with E-state index in [1.54, 1.807) is 0 Å². The van der Waals surface area contributed by atoms with Crippen LogP contribution in [0, 0.1) is 11.8 Å². The fraction of sp³-hybridized carbons (Fsp3) is 0.947.